The van der Waals surface area contributed by atoms with Crippen LogP contribution < -0.4 is 15.8 Å². The van der Waals surface area contributed by atoms with E-state index in [0.717, 1.165) is 25.2 Å². The number of nitrogens with two attached hydrogens (primary N) is 1. The van der Waals surface area contributed by atoms with Crippen LogP contribution >= 0.6 is 24.0 Å². The summed E-state index contributed by atoms with van der Waals surface area (Å²) >= 11 is 0. The fraction of sp³-hybridized carbons (Fsp3) is 0.400. The van der Waals surface area contributed by atoms with E-state index in [4.69, 9.17) is 10.5 Å². The number of benzene rings is 1. The molecule has 0 aliphatic carbocycles. The number of nitrogens with one attached hydrogen (secondary N) is 1. The zero-order valence-corrected chi connectivity index (χ0v) is 18.3. The van der Waals surface area contributed by atoms with Crippen molar-refractivity contribution in [3.05, 3.63) is 54.0 Å². The van der Waals surface area contributed by atoms with Gasteiger partial charge in [0.25, 0.3) is 0 Å². The molecule has 1 aromatic heterocycles. The molecule has 1 aliphatic heterocycles. The highest BCUT2D eigenvalue weighted by molar-refractivity contribution is 14.0. The highest BCUT2D eigenvalue weighted by Crippen LogP contribution is 2.24. The predicted molar refractivity (Wildman–Crippen MR) is 120 cm³/mol. The van der Waals surface area contributed by atoms with Crippen molar-refractivity contribution in [2.75, 3.05) is 19.6 Å². The van der Waals surface area contributed by atoms with E-state index in [1.165, 1.54) is 25.0 Å². The molecule has 3 N–H and O–H groups in total. The van der Waals surface area contributed by atoms with Gasteiger partial charge in [0, 0.05) is 30.4 Å². The second-order valence-electron chi connectivity index (χ2n) is 6.53. The molecule has 0 radical (unpaired) electrons. The van der Waals surface area contributed by atoms with E-state index in [1.54, 1.807) is 18.3 Å². The Morgan fingerprint density at radius 1 is 1.39 bits per heavy atom. The van der Waals surface area contributed by atoms with Crippen LogP contribution in [0.2, 0.25) is 0 Å². The predicted octanol–water partition coefficient (Wildman–Crippen LogP) is 3.52. The molecule has 0 spiro atoms. The van der Waals surface area contributed by atoms with E-state index in [-0.39, 0.29) is 29.8 Å². The molecular weight excluding hydrogens is 472 g/mol. The molecule has 0 amide bonds. The highest BCUT2D eigenvalue weighted by Gasteiger charge is 2.22. The summed E-state index contributed by atoms with van der Waals surface area (Å²) < 4.78 is 19.0. The second kappa shape index (κ2) is 11.2. The number of likely N-dealkylation sites (tertiary alicyclic amines) is 1. The fourth-order valence-corrected chi connectivity index (χ4v) is 3.27. The molecule has 1 aliphatic rings. The molecule has 1 unspecified atom stereocenters. The van der Waals surface area contributed by atoms with Crippen molar-refractivity contribution in [3.63, 3.8) is 0 Å². The van der Waals surface area contributed by atoms with Gasteiger partial charge in [-0.1, -0.05) is 19.1 Å². The van der Waals surface area contributed by atoms with E-state index >= 15 is 0 Å². The second-order valence-corrected chi connectivity index (χ2v) is 6.53. The standard InChI is InChI=1S/C20H26FN5O.HI/c1-2-26-11-5-8-17(26)14-25-20(22)24-13-15-6-4-10-23-19(15)27-18-9-3-7-16(21)12-18;/h3-4,6-7,9-10,12,17H,2,5,8,11,13-14H2,1H3,(H3,22,24,25);1H. The van der Waals surface area contributed by atoms with Crippen molar-refractivity contribution >= 4 is 29.9 Å². The third-order valence-electron chi connectivity index (χ3n) is 4.70. The summed E-state index contributed by atoms with van der Waals surface area (Å²) in [5.41, 5.74) is 6.80. The summed E-state index contributed by atoms with van der Waals surface area (Å²) in [6, 6.07) is 10.1. The lowest BCUT2D eigenvalue weighted by atomic mass is 10.2. The molecule has 1 saturated heterocycles. The fourth-order valence-electron chi connectivity index (χ4n) is 3.27. The normalized spacial score (nSPS) is 17.2. The van der Waals surface area contributed by atoms with Crippen LogP contribution in [0.3, 0.4) is 0 Å². The summed E-state index contributed by atoms with van der Waals surface area (Å²) in [6.07, 6.45) is 4.04. The van der Waals surface area contributed by atoms with Gasteiger partial charge in [-0.05, 0) is 44.1 Å². The lowest BCUT2D eigenvalue weighted by Crippen LogP contribution is -2.42. The summed E-state index contributed by atoms with van der Waals surface area (Å²) in [4.78, 5) is 11.1. The molecule has 152 valence electrons. The quantitative estimate of drug-likeness (QED) is 0.347. The maximum Gasteiger partial charge on any atom is 0.224 e. The molecule has 1 atom stereocenters. The van der Waals surface area contributed by atoms with E-state index in [1.807, 2.05) is 12.1 Å². The summed E-state index contributed by atoms with van der Waals surface area (Å²) in [6.45, 7) is 5.51. The Kier molecular flexibility index (Phi) is 8.91. The number of hydrogen-bond acceptors (Lipinski definition) is 4. The largest absolute Gasteiger partial charge is 0.439 e. The molecule has 1 fully saturated rings. The number of aliphatic imine (C=N–C) groups is 1. The van der Waals surface area contributed by atoms with Crippen molar-refractivity contribution in [1.82, 2.24) is 15.2 Å². The molecule has 0 saturated carbocycles. The van der Waals surface area contributed by atoms with Gasteiger partial charge in [-0.25, -0.2) is 14.4 Å². The van der Waals surface area contributed by atoms with Gasteiger partial charge in [0.15, 0.2) is 5.96 Å². The zero-order valence-electron chi connectivity index (χ0n) is 16.0. The number of ether oxygens (including phenoxy) is 1. The molecule has 28 heavy (non-hydrogen) atoms. The number of guanidine groups is 1. The van der Waals surface area contributed by atoms with Gasteiger partial charge in [-0.3, -0.25) is 4.90 Å². The minimum absolute atomic E-state index is 0. The third kappa shape index (κ3) is 6.30. The first-order chi connectivity index (χ1) is 13.2. The molecular formula is C20H27FIN5O. The van der Waals surface area contributed by atoms with E-state index in [0.29, 0.717) is 30.2 Å². The zero-order chi connectivity index (χ0) is 19.1. The van der Waals surface area contributed by atoms with Crippen LogP contribution in [0.15, 0.2) is 47.6 Å². The van der Waals surface area contributed by atoms with Crippen LogP contribution in [0.25, 0.3) is 0 Å². The first-order valence-electron chi connectivity index (χ1n) is 9.31. The summed E-state index contributed by atoms with van der Waals surface area (Å²) in [7, 11) is 0. The maximum atomic E-state index is 13.3. The number of hydrogen-bond donors (Lipinski definition) is 2. The number of rotatable bonds is 7. The van der Waals surface area contributed by atoms with Crippen molar-refractivity contribution in [3.8, 4) is 11.6 Å². The van der Waals surface area contributed by atoms with Crippen molar-refractivity contribution in [2.45, 2.75) is 32.4 Å². The molecule has 6 nitrogen and oxygen atoms in total. The first-order valence-corrected chi connectivity index (χ1v) is 9.31. The Morgan fingerprint density at radius 3 is 3.04 bits per heavy atom. The smallest absolute Gasteiger partial charge is 0.224 e. The van der Waals surface area contributed by atoms with Gasteiger partial charge < -0.3 is 15.8 Å². The molecule has 2 heterocycles. The van der Waals surface area contributed by atoms with Crippen LogP contribution in [0.4, 0.5) is 4.39 Å². The number of pyridine rings is 1. The number of nitrogens with zero attached hydrogens (tertiary/aromatic N) is 3. The van der Waals surface area contributed by atoms with Crippen LogP contribution in [0, 0.1) is 5.82 Å². The molecule has 3 rings (SSSR count). The van der Waals surface area contributed by atoms with Crippen LogP contribution in [0.1, 0.15) is 25.3 Å². The van der Waals surface area contributed by atoms with Crippen LogP contribution in [-0.4, -0.2) is 41.5 Å². The average molecular weight is 499 g/mol. The Hall–Kier alpha value is -1.94. The van der Waals surface area contributed by atoms with Gasteiger partial charge in [0.2, 0.25) is 5.88 Å². The lowest BCUT2D eigenvalue weighted by Gasteiger charge is -2.23. The average Bonchev–Trinajstić information content (AvgIpc) is 3.13. The molecule has 1 aromatic carbocycles. The Labute approximate surface area is 182 Å². The number of aromatic nitrogens is 1. The van der Waals surface area contributed by atoms with Crippen LogP contribution in [-0.2, 0) is 6.54 Å². The molecule has 0 bridgehead atoms. The summed E-state index contributed by atoms with van der Waals surface area (Å²) in [5, 5.41) is 3.21. The number of halogens is 2. The molecule has 8 heteroatoms. The Bertz CT molecular complexity index is 789. The van der Waals surface area contributed by atoms with E-state index in [9.17, 15) is 4.39 Å². The van der Waals surface area contributed by atoms with E-state index < -0.39 is 0 Å². The topological polar surface area (TPSA) is 75.8 Å². The first kappa shape index (κ1) is 22.4. The van der Waals surface area contributed by atoms with Crippen LogP contribution in [0.5, 0.6) is 11.6 Å². The highest BCUT2D eigenvalue weighted by atomic mass is 127. The van der Waals surface area contributed by atoms with Gasteiger partial charge >= 0.3 is 0 Å². The van der Waals surface area contributed by atoms with Gasteiger partial charge in [-0.2, -0.15) is 0 Å². The van der Waals surface area contributed by atoms with Gasteiger partial charge in [-0.15, -0.1) is 24.0 Å². The number of likely N-dealkylation sites (N-methyl/N-ethyl adjacent to an activating group) is 1. The third-order valence-corrected chi connectivity index (χ3v) is 4.70. The monoisotopic (exact) mass is 499 g/mol. The minimum Gasteiger partial charge on any atom is -0.439 e. The molecule has 2 aromatic rings. The van der Waals surface area contributed by atoms with Crippen molar-refractivity contribution in [2.24, 2.45) is 10.7 Å². The SMILES string of the molecule is CCN1CCCC1CNC(N)=NCc1cccnc1Oc1cccc(F)c1.I. The maximum absolute atomic E-state index is 13.3. The van der Waals surface area contributed by atoms with Gasteiger partial charge in [0.05, 0.1) is 6.54 Å². The lowest BCUT2D eigenvalue weighted by molar-refractivity contribution is 0.267. The minimum atomic E-state index is -0.357. The van der Waals surface area contributed by atoms with Crippen molar-refractivity contribution < 1.29 is 9.13 Å². The summed E-state index contributed by atoms with van der Waals surface area (Å²) in [5.74, 6) is 0.835. The van der Waals surface area contributed by atoms with Crippen molar-refractivity contribution in [1.29, 1.82) is 0 Å². The van der Waals surface area contributed by atoms with Gasteiger partial charge in [0.1, 0.15) is 11.6 Å². The Balaban J connectivity index is 0.00000280. The van der Waals surface area contributed by atoms with E-state index in [2.05, 4.69) is 27.1 Å². The Morgan fingerprint density at radius 2 is 2.25 bits per heavy atom.